The molecule has 218 valence electrons. The van der Waals surface area contributed by atoms with Crippen LogP contribution in [0.2, 0.25) is 0 Å². The predicted octanol–water partition coefficient (Wildman–Crippen LogP) is 8.80. The van der Waals surface area contributed by atoms with Gasteiger partial charge in [-0.1, -0.05) is 93.6 Å². The Balaban J connectivity index is 1.37. The maximum absolute atomic E-state index is 5.41. The molecule has 3 atom stereocenters. The first-order chi connectivity index (χ1) is 22.0. The summed E-state index contributed by atoms with van der Waals surface area (Å²) in [6.07, 6.45) is 16.8. The minimum Gasteiger partial charge on any atom is -0.317 e. The average molecular weight is 583 g/mol. The number of hydrogen-bond acceptors (Lipinski definition) is 2. The number of rotatable bonds is 2. The van der Waals surface area contributed by atoms with E-state index in [4.69, 9.17) is 9.97 Å². The van der Waals surface area contributed by atoms with E-state index in [9.17, 15) is 0 Å². The van der Waals surface area contributed by atoms with Gasteiger partial charge in [0.05, 0.1) is 27.9 Å². The van der Waals surface area contributed by atoms with E-state index in [1.54, 1.807) is 0 Å². The fourth-order valence-electron chi connectivity index (χ4n) is 8.60. The molecule has 0 bridgehead atoms. The molecule has 45 heavy (non-hydrogen) atoms. The molecule has 7 aromatic rings. The molecule has 0 spiro atoms. The second kappa shape index (κ2) is 8.82. The summed E-state index contributed by atoms with van der Waals surface area (Å²) in [5.74, 6) is 0.887. The van der Waals surface area contributed by atoms with Crippen LogP contribution in [0, 0.1) is 11.8 Å². The second-order valence-electron chi connectivity index (χ2n) is 13.9. The molecule has 3 aliphatic rings. The summed E-state index contributed by atoms with van der Waals surface area (Å²) in [5.41, 5.74) is 11.8. The molecule has 4 aromatic heterocycles. The lowest BCUT2D eigenvalue weighted by Crippen LogP contribution is -2.24. The first kappa shape index (κ1) is 25.4. The van der Waals surface area contributed by atoms with Crippen molar-refractivity contribution in [1.29, 1.82) is 0 Å². The summed E-state index contributed by atoms with van der Waals surface area (Å²) in [7, 11) is 0. The van der Waals surface area contributed by atoms with E-state index in [-0.39, 0.29) is 5.41 Å². The highest BCUT2D eigenvalue weighted by Crippen LogP contribution is 2.45. The standard InChI is InChI=1S/C41H34N4/c1-24-15-17-31-32(21-24)43-40-38(42-31)29-16-18-34-37-36-30(28-13-7-8-14-33(28)45(40)39(29)37)20-25(2)22-35(36)44(34)27-12-9-19-41(3,23-27)26-10-5-4-6-11-26/h4-20,24-25H,21-23H2,1-3H3. The van der Waals surface area contributed by atoms with E-state index >= 15 is 0 Å². The Morgan fingerprint density at radius 2 is 1.67 bits per heavy atom. The first-order valence-corrected chi connectivity index (χ1v) is 16.3. The van der Waals surface area contributed by atoms with Crippen LogP contribution >= 0.6 is 0 Å². The first-order valence-electron chi connectivity index (χ1n) is 16.3. The van der Waals surface area contributed by atoms with Gasteiger partial charge in [-0.3, -0.25) is 4.40 Å². The summed E-state index contributed by atoms with van der Waals surface area (Å²) >= 11 is 0. The Morgan fingerprint density at radius 3 is 2.56 bits per heavy atom. The Bertz CT molecular complexity index is 2560. The number of benzene rings is 3. The molecule has 0 radical (unpaired) electrons. The van der Waals surface area contributed by atoms with Gasteiger partial charge >= 0.3 is 0 Å². The van der Waals surface area contributed by atoms with Crippen molar-refractivity contribution in [2.75, 3.05) is 0 Å². The Kier molecular flexibility index (Phi) is 4.97. The maximum Gasteiger partial charge on any atom is 0.164 e. The Labute approximate surface area is 261 Å². The van der Waals surface area contributed by atoms with E-state index in [1.807, 2.05) is 0 Å². The number of hydrogen-bond donors (Lipinski definition) is 0. The largest absolute Gasteiger partial charge is 0.317 e. The van der Waals surface area contributed by atoms with Gasteiger partial charge in [0.2, 0.25) is 0 Å². The predicted molar refractivity (Wildman–Crippen MR) is 187 cm³/mol. The molecule has 0 fully saturated rings. The van der Waals surface area contributed by atoms with E-state index in [1.165, 1.54) is 60.3 Å². The van der Waals surface area contributed by atoms with Crippen molar-refractivity contribution < 1.29 is 0 Å². The van der Waals surface area contributed by atoms with E-state index in [0.717, 1.165) is 41.8 Å². The van der Waals surface area contributed by atoms with Crippen LogP contribution in [0.15, 0.2) is 91.0 Å². The number of fused-ring (bicyclic) bond motifs is 7. The number of allylic oxidation sites excluding steroid dienone is 5. The SMILES string of the molecule is CC1C=Cc2nc3c4ccc5c6c7c(n5C5=CC=CC(C)(c8ccccc8)C5)CC(C)C=c7c5ccccc5n(c3nc2C1)c46. The van der Waals surface area contributed by atoms with Crippen molar-refractivity contribution in [2.24, 2.45) is 11.8 Å². The summed E-state index contributed by atoms with van der Waals surface area (Å²) < 4.78 is 5.06. The quantitative estimate of drug-likeness (QED) is 0.204. The summed E-state index contributed by atoms with van der Waals surface area (Å²) in [4.78, 5) is 10.7. The lowest BCUT2D eigenvalue weighted by Gasteiger charge is -2.32. The topological polar surface area (TPSA) is 35.1 Å². The molecular weight excluding hydrogens is 548 g/mol. The smallest absolute Gasteiger partial charge is 0.164 e. The zero-order valence-electron chi connectivity index (χ0n) is 25.9. The van der Waals surface area contributed by atoms with Gasteiger partial charge in [-0.05, 0) is 65.8 Å². The average Bonchev–Trinajstić information content (AvgIpc) is 3.51. The fraction of sp³-hybridized carbons (Fsp3) is 0.220. The van der Waals surface area contributed by atoms with Crippen LogP contribution in [0.1, 0.15) is 49.8 Å². The summed E-state index contributed by atoms with van der Waals surface area (Å²) in [5, 5.41) is 6.53. The highest BCUT2D eigenvalue weighted by atomic mass is 15.0. The van der Waals surface area contributed by atoms with Gasteiger partial charge in [0.15, 0.2) is 5.65 Å². The maximum atomic E-state index is 5.41. The van der Waals surface area contributed by atoms with Crippen LogP contribution in [-0.2, 0) is 18.3 Å². The number of aromatic nitrogens is 4. The molecule has 3 aliphatic carbocycles. The van der Waals surface area contributed by atoms with Gasteiger partial charge in [0.25, 0.3) is 0 Å². The van der Waals surface area contributed by atoms with Crippen molar-refractivity contribution in [3.8, 4) is 0 Å². The van der Waals surface area contributed by atoms with Crippen LogP contribution < -0.4 is 5.22 Å². The van der Waals surface area contributed by atoms with Crippen molar-refractivity contribution in [1.82, 2.24) is 18.9 Å². The molecule has 4 nitrogen and oxygen atoms in total. The van der Waals surface area contributed by atoms with Crippen LogP contribution in [0.25, 0.3) is 67.1 Å². The molecular formula is C41H34N4. The van der Waals surface area contributed by atoms with Crippen molar-refractivity contribution in [3.05, 3.63) is 119 Å². The molecule has 0 N–H and O–H groups in total. The van der Waals surface area contributed by atoms with Gasteiger partial charge in [-0.15, -0.1) is 0 Å². The van der Waals surface area contributed by atoms with Crippen molar-refractivity contribution in [3.63, 3.8) is 0 Å². The monoisotopic (exact) mass is 582 g/mol. The van der Waals surface area contributed by atoms with E-state index in [0.29, 0.717) is 11.8 Å². The molecule has 0 amide bonds. The third-order valence-electron chi connectivity index (χ3n) is 10.7. The zero-order valence-corrected chi connectivity index (χ0v) is 25.9. The van der Waals surface area contributed by atoms with Gasteiger partial charge in [0.1, 0.15) is 5.52 Å². The minimum atomic E-state index is -0.0754. The second-order valence-corrected chi connectivity index (χ2v) is 13.9. The van der Waals surface area contributed by atoms with E-state index < -0.39 is 0 Å². The van der Waals surface area contributed by atoms with E-state index in [2.05, 4.69) is 133 Å². The molecule has 3 unspecified atom stereocenters. The zero-order chi connectivity index (χ0) is 30.0. The highest BCUT2D eigenvalue weighted by Gasteiger charge is 2.32. The van der Waals surface area contributed by atoms with Gasteiger partial charge in [0, 0.05) is 44.8 Å². The number of para-hydroxylation sites is 1. The molecule has 10 rings (SSSR count). The van der Waals surface area contributed by atoms with Crippen LogP contribution in [-0.4, -0.2) is 18.9 Å². The van der Waals surface area contributed by atoms with Gasteiger partial charge < -0.3 is 4.57 Å². The van der Waals surface area contributed by atoms with Crippen LogP contribution in [0.3, 0.4) is 0 Å². The fourth-order valence-corrected chi connectivity index (χ4v) is 8.60. The molecule has 0 saturated heterocycles. The third-order valence-corrected chi connectivity index (χ3v) is 10.7. The van der Waals surface area contributed by atoms with Crippen LogP contribution in [0.5, 0.6) is 0 Å². The molecule has 4 heterocycles. The van der Waals surface area contributed by atoms with Crippen molar-refractivity contribution >= 4 is 67.1 Å². The van der Waals surface area contributed by atoms with Gasteiger partial charge in [-0.25, -0.2) is 9.97 Å². The van der Waals surface area contributed by atoms with Crippen molar-refractivity contribution in [2.45, 2.75) is 45.4 Å². The summed E-state index contributed by atoms with van der Waals surface area (Å²) in [6.45, 7) is 7.00. The normalized spacial score (nSPS) is 22.5. The molecule has 4 heteroatoms. The summed E-state index contributed by atoms with van der Waals surface area (Å²) in [6, 6.07) is 24.6. The third kappa shape index (κ3) is 3.37. The number of nitrogens with zero attached hydrogens (tertiary/aromatic N) is 4. The Morgan fingerprint density at radius 1 is 0.822 bits per heavy atom. The highest BCUT2D eigenvalue weighted by molar-refractivity contribution is 6.24. The molecule has 0 saturated carbocycles. The lowest BCUT2D eigenvalue weighted by atomic mass is 9.76. The van der Waals surface area contributed by atoms with Crippen LogP contribution in [0.4, 0.5) is 0 Å². The minimum absolute atomic E-state index is 0.0754. The lowest BCUT2D eigenvalue weighted by molar-refractivity contribution is 0.593. The van der Waals surface area contributed by atoms with Gasteiger partial charge in [-0.2, -0.15) is 0 Å². The molecule has 0 aliphatic heterocycles. The Hall–Kier alpha value is -4.96. The molecule has 3 aromatic carbocycles.